The summed E-state index contributed by atoms with van der Waals surface area (Å²) in [4.78, 5) is 14.8. The summed E-state index contributed by atoms with van der Waals surface area (Å²) in [5.74, 6) is -0.00286. The Balaban J connectivity index is 1.68. The Morgan fingerprint density at radius 3 is 2.58 bits per heavy atom. The number of ether oxygens (including phenoxy) is 1. The summed E-state index contributed by atoms with van der Waals surface area (Å²) in [6, 6.07) is 19.5. The Hall–Kier alpha value is -2.31. The van der Waals surface area contributed by atoms with Gasteiger partial charge in [-0.15, -0.1) is 11.8 Å². The highest BCUT2D eigenvalue weighted by Crippen LogP contribution is 2.34. The fraction of sp³-hybridized carbons (Fsp3) is 0.300. The van der Waals surface area contributed by atoms with Crippen LogP contribution in [0.5, 0.6) is 0 Å². The van der Waals surface area contributed by atoms with E-state index in [0.29, 0.717) is 18.8 Å². The molecule has 1 fully saturated rings. The smallest absolute Gasteiger partial charge is 0.254 e. The first-order valence-corrected chi connectivity index (χ1v) is 9.64. The van der Waals surface area contributed by atoms with Crippen LogP contribution < -0.4 is 0 Å². The van der Waals surface area contributed by atoms with Crippen molar-refractivity contribution in [2.75, 3.05) is 26.8 Å². The quantitative estimate of drug-likeness (QED) is 0.837. The lowest BCUT2D eigenvalue weighted by molar-refractivity contribution is 0.0240. The number of thioether (sulfide) groups is 1. The van der Waals surface area contributed by atoms with Gasteiger partial charge in [0.2, 0.25) is 0 Å². The molecule has 2 aliphatic rings. The Bertz CT molecular complexity index is 797. The molecular formula is C20H21N3O2S. The molecule has 4 rings (SSSR count). The minimum atomic E-state index is -0.159. The summed E-state index contributed by atoms with van der Waals surface area (Å²) >= 11 is 1.72. The van der Waals surface area contributed by atoms with Crippen LogP contribution in [0, 0.1) is 0 Å². The molecule has 5 nitrogen and oxygen atoms in total. The Labute approximate surface area is 157 Å². The fourth-order valence-corrected chi connectivity index (χ4v) is 4.53. The van der Waals surface area contributed by atoms with Crippen molar-refractivity contribution in [2.24, 2.45) is 5.10 Å². The van der Waals surface area contributed by atoms with Crippen molar-refractivity contribution in [1.29, 1.82) is 0 Å². The van der Waals surface area contributed by atoms with Crippen LogP contribution in [0.4, 0.5) is 0 Å². The molecular weight excluding hydrogens is 346 g/mol. The number of amides is 1. The molecule has 1 amide bonds. The van der Waals surface area contributed by atoms with E-state index in [1.807, 2.05) is 67.7 Å². The molecule has 0 bridgehead atoms. The number of fused-ring (bicyclic) bond motifs is 1. The van der Waals surface area contributed by atoms with Crippen molar-refractivity contribution in [3.63, 3.8) is 0 Å². The van der Waals surface area contributed by atoms with Gasteiger partial charge in [0.05, 0.1) is 19.8 Å². The molecule has 26 heavy (non-hydrogen) atoms. The van der Waals surface area contributed by atoms with E-state index in [1.54, 1.807) is 16.7 Å². The summed E-state index contributed by atoms with van der Waals surface area (Å²) in [5, 5.41) is 6.97. The molecule has 1 saturated heterocycles. The standard InChI is InChI=1S/C20H21N3O2S/c1-22(19(24)16-10-6-3-7-11-16)20-18(15-8-4-2-5-9-15)21-23-12-13-25-14-17(23)26-20/h2-11,17,20H,12-14H2,1H3. The van der Waals surface area contributed by atoms with Crippen LogP contribution in [0.25, 0.3) is 0 Å². The zero-order valence-electron chi connectivity index (χ0n) is 14.6. The zero-order valence-corrected chi connectivity index (χ0v) is 15.4. The summed E-state index contributed by atoms with van der Waals surface area (Å²) < 4.78 is 5.62. The second-order valence-electron chi connectivity index (χ2n) is 6.31. The number of hydrogen-bond donors (Lipinski definition) is 0. The van der Waals surface area contributed by atoms with Gasteiger partial charge in [-0.25, -0.2) is 0 Å². The molecule has 134 valence electrons. The normalized spacial score (nSPS) is 22.3. The molecule has 0 radical (unpaired) electrons. The van der Waals surface area contributed by atoms with Crippen LogP contribution in [0.15, 0.2) is 65.8 Å². The average Bonchev–Trinajstić information content (AvgIpc) is 2.73. The fourth-order valence-electron chi connectivity index (χ4n) is 3.17. The van der Waals surface area contributed by atoms with Gasteiger partial charge < -0.3 is 9.64 Å². The van der Waals surface area contributed by atoms with Gasteiger partial charge in [0, 0.05) is 18.2 Å². The summed E-state index contributed by atoms with van der Waals surface area (Å²) in [6.07, 6.45) is 0. The molecule has 0 aliphatic carbocycles. The minimum absolute atomic E-state index is 0.00286. The average molecular weight is 367 g/mol. The van der Waals surface area contributed by atoms with Gasteiger partial charge in [-0.3, -0.25) is 9.80 Å². The SMILES string of the molecule is CN(C(=O)c1ccccc1)C1SC2COCCN2N=C1c1ccccc1. The first-order valence-electron chi connectivity index (χ1n) is 8.70. The number of hydrazone groups is 1. The first-order chi connectivity index (χ1) is 12.7. The van der Waals surface area contributed by atoms with Crippen LogP contribution in [-0.4, -0.2) is 59.1 Å². The number of carbonyl (C=O) groups is 1. The molecule has 0 aromatic heterocycles. The third kappa shape index (κ3) is 3.34. The van der Waals surface area contributed by atoms with E-state index in [-0.39, 0.29) is 16.7 Å². The van der Waals surface area contributed by atoms with E-state index in [2.05, 4.69) is 5.01 Å². The Morgan fingerprint density at radius 2 is 1.85 bits per heavy atom. The van der Waals surface area contributed by atoms with Gasteiger partial charge >= 0.3 is 0 Å². The molecule has 0 N–H and O–H groups in total. The lowest BCUT2D eigenvalue weighted by atomic mass is 10.1. The van der Waals surface area contributed by atoms with Gasteiger partial charge in [-0.1, -0.05) is 48.5 Å². The molecule has 2 atom stereocenters. The van der Waals surface area contributed by atoms with Crippen molar-refractivity contribution >= 4 is 23.4 Å². The van der Waals surface area contributed by atoms with Crippen molar-refractivity contribution < 1.29 is 9.53 Å². The van der Waals surface area contributed by atoms with Gasteiger partial charge in [0.25, 0.3) is 5.91 Å². The Morgan fingerprint density at radius 1 is 1.15 bits per heavy atom. The van der Waals surface area contributed by atoms with Crippen LogP contribution in [0.3, 0.4) is 0 Å². The van der Waals surface area contributed by atoms with E-state index in [0.717, 1.165) is 17.8 Å². The molecule has 2 aromatic carbocycles. The number of nitrogens with zero attached hydrogens (tertiary/aromatic N) is 3. The molecule has 0 saturated carbocycles. The van der Waals surface area contributed by atoms with Crippen molar-refractivity contribution in [3.05, 3.63) is 71.8 Å². The third-order valence-electron chi connectivity index (χ3n) is 4.58. The number of carbonyl (C=O) groups excluding carboxylic acids is 1. The maximum absolute atomic E-state index is 13.0. The van der Waals surface area contributed by atoms with E-state index in [9.17, 15) is 4.79 Å². The lowest BCUT2D eigenvalue weighted by Crippen LogP contribution is -2.51. The van der Waals surface area contributed by atoms with Crippen molar-refractivity contribution in [2.45, 2.75) is 10.7 Å². The van der Waals surface area contributed by atoms with Crippen molar-refractivity contribution in [1.82, 2.24) is 9.91 Å². The highest BCUT2D eigenvalue weighted by Gasteiger charge is 2.37. The highest BCUT2D eigenvalue weighted by atomic mass is 32.2. The predicted molar refractivity (Wildman–Crippen MR) is 104 cm³/mol. The summed E-state index contributed by atoms with van der Waals surface area (Å²) in [5.41, 5.74) is 2.65. The summed E-state index contributed by atoms with van der Waals surface area (Å²) in [6.45, 7) is 2.09. The second-order valence-corrected chi connectivity index (χ2v) is 7.58. The van der Waals surface area contributed by atoms with Crippen LogP contribution in [0.1, 0.15) is 15.9 Å². The molecule has 2 aromatic rings. The van der Waals surface area contributed by atoms with Gasteiger partial charge in [-0.2, -0.15) is 5.10 Å². The van der Waals surface area contributed by atoms with Crippen LogP contribution >= 0.6 is 11.8 Å². The molecule has 0 spiro atoms. The lowest BCUT2D eigenvalue weighted by Gasteiger charge is -2.42. The first kappa shape index (κ1) is 17.1. The topological polar surface area (TPSA) is 45.1 Å². The van der Waals surface area contributed by atoms with Crippen LogP contribution in [-0.2, 0) is 4.74 Å². The predicted octanol–water partition coefficient (Wildman–Crippen LogP) is 2.89. The molecule has 6 heteroatoms. The summed E-state index contributed by atoms with van der Waals surface area (Å²) in [7, 11) is 1.85. The van der Waals surface area contributed by atoms with Gasteiger partial charge in [0.15, 0.2) is 0 Å². The van der Waals surface area contributed by atoms with Gasteiger partial charge in [-0.05, 0) is 12.1 Å². The number of likely N-dealkylation sites (N-methyl/N-ethyl adjacent to an activating group) is 1. The minimum Gasteiger partial charge on any atom is -0.376 e. The van der Waals surface area contributed by atoms with Crippen molar-refractivity contribution in [3.8, 4) is 0 Å². The van der Waals surface area contributed by atoms with Crippen LogP contribution in [0.2, 0.25) is 0 Å². The van der Waals surface area contributed by atoms with E-state index >= 15 is 0 Å². The maximum Gasteiger partial charge on any atom is 0.254 e. The number of hydrogen-bond acceptors (Lipinski definition) is 5. The second kappa shape index (κ2) is 7.51. The number of morpholine rings is 1. The molecule has 2 heterocycles. The van der Waals surface area contributed by atoms with Gasteiger partial charge in [0.1, 0.15) is 16.5 Å². The molecule has 2 unspecified atom stereocenters. The maximum atomic E-state index is 13.0. The van der Waals surface area contributed by atoms with E-state index < -0.39 is 0 Å². The number of benzene rings is 2. The molecule has 2 aliphatic heterocycles. The monoisotopic (exact) mass is 367 g/mol. The zero-order chi connectivity index (χ0) is 17.9. The largest absolute Gasteiger partial charge is 0.376 e. The van der Waals surface area contributed by atoms with E-state index in [1.165, 1.54) is 0 Å². The third-order valence-corrected chi connectivity index (χ3v) is 6.07. The van der Waals surface area contributed by atoms with E-state index in [4.69, 9.17) is 9.84 Å². The highest BCUT2D eigenvalue weighted by molar-refractivity contribution is 8.01. The Kier molecular flexibility index (Phi) is 4.95. The number of rotatable bonds is 3.